The molecule has 0 spiro atoms. The Morgan fingerprint density at radius 2 is 0.962 bits per heavy atom. The maximum Gasteiger partial charge on any atom is 0.324 e. The highest BCUT2D eigenvalue weighted by Crippen LogP contribution is 2.45. The minimum atomic E-state index is -1.68. The number of likely N-dealkylation sites (tertiary alicyclic amines) is 2. The number of phenolic OH excluding ortho intramolecular Hbond substituents is 1. The van der Waals surface area contributed by atoms with Gasteiger partial charge in [0.25, 0.3) is 0 Å². The van der Waals surface area contributed by atoms with Crippen LogP contribution in [0.3, 0.4) is 0 Å². The normalized spacial score (nSPS) is 21.5. The maximum absolute atomic E-state index is 15.3. The number of carbonyl (C=O) groups is 2. The summed E-state index contributed by atoms with van der Waals surface area (Å²) >= 11 is 0. The summed E-state index contributed by atoms with van der Waals surface area (Å²) in [5, 5.41) is 11.6. The molecule has 0 bridgehead atoms. The van der Waals surface area contributed by atoms with Crippen LogP contribution in [0.5, 0.6) is 5.75 Å². The maximum atomic E-state index is 15.3. The summed E-state index contributed by atoms with van der Waals surface area (Å²) in [5.41, 5.74) is -0.132. The molecule has 52 heavy (non-hydrogen) atoms. The topological polar surface area (TPSA) is 79.3 Å². The van der Waals surface area contributed by atoms with Crippen molar-refractivity contribution >= 4 is 11.9 Å². The van der Waals surface area contributed by atoms with E-state index < -0.39 is 17.4 Å². The summed E-state index contributed by atoms with van der Waals surface area (Å²) in [6.07, 6.45) is 2.02. The molecule has 0 amide bonds. The Hall–Kier alpha value is -2.90. The number of nitrogens with zero attached hydrogens (tertiary/aromatic N) is 2. The van der Waals surface area contributed by atoms with Gasteiger partial charge in [0.2, 0.25) is 0 Å². The lowest BCUT2D eigenvalue weighted by atomic mass is 9.72. The fourth-order valence-corrected chi connectivity index (χ4v) is 8.92. The zero-order chi connectivity index (χ0) is 39.5. The monoisotopic (exact) mass is 719 g/mol. The Kier molecular flexibility index (Phi) is 11.3. The Morgan fingerprint density at radius 1 is 0.635 bits per heavy atom. The van der Waals surface area contributed by atoms with Crippen LogP contribution in [0.4, 0.5) is 0 Å². The summed E-state index contributed by atoms with van der Waals surface area (Å²) in [7, 11) is 4.26. The van der Waals surface area contributed by atoms with Crippen LogP contribution in [0, 0.1) is 5.41 Å². The van der Waals surface area contributed by atoms with Crippen LogP contribution in [0.15, 0.2) is 42.5 Å². The number of aromatic hydroxyl groups is 1. The van der Waals surface area contributed by atoms with Crippen molar-refractivity contribution in [2.45, 2.75) is 181 Å². The van der Waals surface area contributed by atoms with Gasteiger partial charge in [-0.1, -0.05) is 84.0 Å². The van der Waals surface area contributed by atoms with Crippen molar-refractivity contribution in [3.63, 3.8) is 0 Å². The van der Waals surface area contributed by atoms with Gasteiger partial charge in [-0.25, -0.2) is 0 Å². The molecule has 0 radical (unpaired) electrons. The van der Waals surface area contributed by atoms with Gasteiger partial charge < -0.3 is 14.6 Å². The molecular weight excluding hydrogens is 649 g/mol. The summed E-state index contributed by atoms with van der Waals surface area (Å²) in [4.78, 5) is 35.3. The molecule has 0 unspecified atom stereocenters. The van der Waals surface area contributed by atoms with E-state index in [2.05, 4.69) is 121 Å². The fraction of sp³-hybridized carbons (Fsp3) is 0.689. The van der Waals surface area contributed by atoms with Gasteiger partial charge in [-0.2, -0.15) is 0 Å². The average Bonchev–Trinajstić information content (AvgIpc) is 2.97. The number of carbonyl (C=O) groups excluding carboxylic acids is 2. The molecule has 290 valence electrons. The number of hydrogen-bond donors (Lipinski definition) is 1. The van der Waals surface area contributed by atoms with Crippen molar-refractivity contribution in [3.8, 4) is 5.75 Å². The molecule has 2 saturated heterocycles. The predicted molar refractivity (Wildman–Crippen MR) is 212 cm³/mol. The van der Waals surface area contributed by atoms with E-state index in [4.69, 9.17) is 9.47 Å². The first-order valence-corrected chi connectivity index (χ1v) is 19.3. The highest BCUT2D eigenvalue weighted by Gasteiger charge is 2.54. The summed E-state index contributed by atoms with van der Waals surface area (Å²) in [6.45, 7) is 29.9. The smallest absolute Gasteiger partial charge is 0.324 e. The number of rotatable bonds is 8. The quantitative estimate of drug-likeness (QED) is 0.216. The van der Waals surface area contributed by atoms with E-state index in [1.165, 1.54) is 0 Å². The third kappa shape index (κ3) is 8.73. The summed E-state index contributed by atoms with van der Waals surface area (Å²) in [5.74, 6) is -0.831. The zero-order valence-electron chi connectivity index (χ0n) is 35.4. The first-order chi connectivity index (χ1) is 23.5. The number of phenols is 1. The van der Waals surface area contributed by atoms with Crippen molar-refractivity contribution in [2.75, 3.05) is 14.1 Å². The first-order valence-electron chi connectivity index (χ1n) is 19.3. The van der Waals surface area contributed by atoms with Gasteiger partial charge in [-0.05, 0) is 115 Å². The molecule has 7 heteroatoms. The average molecular weight is 719 g/mol. The number of esters is 2. The number of benzene rings is 2. The standard InChI is InChI=1S/C45H70N2O5/c1-39(2,3)34-22-31(23-35(36(34)48)40(4,5)6)25-45(24-30-20-18-17-19-21-30,37(49)51-32-26-41(7,8)46(15)42(9,10)27-32)38(50)52-33-28-43(11,12)47(16)44(13,14)29-33/h17-23,32-33,48H,24-29H2,1-16H3. The molecule has 4 rings (SSSR count). The zero-order valence-corrected chi connectivity index (χ0v) is 35.4. The van der Waals surface area contributed by atoms with Crippen LogP contribution >= 0.6 is 0 Å². The van der Waals surface area contributed by atoms with Crippen LogP contribution in [-0.4, -0.2) is 75.3 Å². The molecule has 7 nitrogen and oxygen atoms in total. The van der Waals surface area contributed by atoms with Crippen molar-refractivity contribution in [3.05, 3.63) is 64.7 Å². The number of piperidine rings is 2. The van der Waals surface area contributed by atoms with Gasteiger partial charge >= 0.3 is 11.9 Å². The second-order valence-corrected chi connectivity index (χ2v) is 20.7. The molecule has 2 heterocycles. The third-order valence-electron chi connectivity index (χ3n) is 12.5. The van der Waals surface area contributed by atoms with Crippen LogP contribution in [0.1, 0.15) is 145 Å². The number of hydrogen-bond acceptors (Lipinski definition) is 7. The molecule has 1 N–H and O–H groups in total. The molecular formula is C45H70N2O5. The van der Waals surface area contributed by atoms with Gasteiger partial charge in [0.05, 0.1) is 0 Å². The van der Waals surface area contributed by atoms with E-state index in [-0.39, 0.29) is 63.8 Å². The largest absolute Gasteiger partial charge is 0.507 e. The predicted octanol–water partition coefficient (Wildman–Crippen LogP) is 9.15. The second-order valence-electron chi connectivity index (χ2n) is 20.7. The second kappa shape index (κ2) is 14.1. The lowest BCUT2D eigenvalue weighted by Crippen LogP contribution is -2.61. The molecule has 2 aliphatic rings. The third-order valence-corrected chi connectivity index (χ3v) is 12.5. The van der Waals surface area contributed by atoms with Crippen molar-refractivity contribution < 1.29 is 24.2 Å². The molecule has 0 aliphatic carbocycles. The minimum absolute atomic E-state index is 0.0742. The molecule has 2 fully saturated rings. The van der Waals surface area contributed by atoms with Gasteiger partial charge in [-0.15, -0.1) is 0 Å². The van der Waals surface area contributed by atoms with E-state index in [0.717, 1.165) is 22.3 Å². The molecule has 0 saturated carbocycles. The lowest BCUT2D eigenvalue weighted by Gasteiger charge is -2.53. The SMILES string of the molecule is CN1C(C)(C)CC(OC(=O)C(Cc2ccccc2)(Cc2cc(C(C)(C)C)c(O)c(C(C)(C)C)c2)C(=O)OC2CC(C)(C)N(C)C(C)(C)C2)CC1(C)C. The fourth-order valence-electron chi connectivity index (χ4n) is 8.92. The lowest BCUT2D eigenvalue weighted by molar-refractivity contribution is -0.187. The van der Waals surface area contributed by atoms with E-state index in [1.807, 2.05) is 42.5 Å². The van der Waals surface area contributed by atoms with Crippen molar-refractivity contribution in [1.82, 2.24) is 9.80 Å². The van der Waals surface area contributed by atoms with Gasteiger partial charge in [-0.3, -0.25) is 19.4 Å². The van der Waals surface area contributed by atoms with E-state index in [1.54, 1.807) is 0 Å². The van der Waals surface area contributed by atoms with Crippen LogP contribution in [-0.2, 0) is 42.7 Å². The summed E-state index contributed by atoms with van der Waals surface area (Å²) in [6, 6.07) is 13.7. The molecule has 0 atom stereocenters. The van der Waals surface area contributed by atoms with E-state index >= 15 is 9.59 Å². The van der Waals surface area contributed by atoms with Crippen LogP contribution in [0.2, 0.25) is 0 Å². The highest BCUT2D eigenvalue weighted by atomic mass is 16.6. The highest BCUT2D eigenvalue weighted by molar-refractivity contribution is 6.01. The van der Waals surface area contributed by atoms with Gasteiger partial charge in [0, 0.05) is 47.8 Å². The van der Waals surface area contributed by atoms with E-state index in [0.29, 0.717) is 25.7 Å². The summed E-state index contributed by atoms with van der Waals surface area (Å²) < 4.78 is 13.2. The van der Waals surface area contributed by atoms with Crippen LogP contribution in [0.25, 0.3) is 0 Å². The molecule has 2 aromatic carbocycles. The first kappa shape index (κ1) is 41.9. The minimum Gasteiger partial charge on any atom is -0.507 e. The number of ether oxygens (including phenoxy) is 2. The molecule has 0 aromatic heterocycles. The van der Waals surface area contributed by atoms with Crippen molar-refractivity contribution in [2.24, 2.45) is 5.41 Å². The Bertz CT molecular complexity index is 1480. The Balaban J connectivity index is 1.92. The van der Waals surface area contributed by atoms with Crippen molar-refractivity contribution in [1.29, 1.82) is 0 Å². The van der Waals surface area contributed by atoms with E-state index in [9.17, 15) is 5.11 Å². The molecule has 2 aromatic rings. The van der Waals surface area contributed by atoms with Gasteiger partial charge in [0.15, 0.2) is 5.41 Å². The molecule has 2 aliphatic heterocycles. The Labute approximate surface area is 315 Å². The Morgan fingerprint density at radius 3 is 1.29 bits per heavy atom. The van der Waals surface area contributed by atoms with Gasteiger partial charge in [0.1, 0.15) is 18.0 Å². The van der Waals surface area contributed by atoms with Crippen LogP contribution < -0.4 is 0 Å².